The number of benzene rings is 2. The summed E-state index contributed by atoms with van der Waals surface area (Å²) in [6.45, 7) is 2.72. The van der Waals surface area contributed by atoms with Crippen LogP contribution in [-0.2, 0) is 26.6 Å². The molecule has 0 radical (unpaired) electrons. The summed E-state index contributed by atoms with van der Waals surface area (Å²) in [7, 11) is 0. The van der Waals surface area contributed by atoms with Crippen molar-refractivity contribution in [3.05, 3.63) is 89.1 Å². The number of amides is 1. The Morgan fingerprint density at radius 1 is 1.18 bits per heavy atom. The molecule has 38 heavy (non-hydrogen) atoms. The lowest BCUT2D eigenvalue weighted by Crippen LogP contribution is -2.34. The molecule has 11 heteroatoms. The maximum Gasteiger partial charge on any atom is 0.229 e. The van der Waals surface area contributed by atoms with Crippen LogP contribution in [0.3, 0.4) is 0 Å². The number of hydrogen-bond donors (Lipinski definition) is 1. The molecule has 2 aromatic heterocycles. The molecule has 3 heterocycles. The van der Waals surface area contributed by atoms with Crippen molar-refractivity contribution in [3.8, 4) is 17.0 Å². The van der Waals surface area contributed by atoms with Gasteiger partial charge in [0.1, 0.15) is 18.5 Å². The van der Waals surface area contributed by atoms with Crippen molar-refractivity contribution in [1.29, 1.82) is 0 Å². The average Bonchev–Trinajstić information content (AvgIpc) is 3.58. The summed E-state index contributed by atoms with van der Waals surface area (Å²) in [5, 5.41) is 3.66. The normalized spacial score (nSPS) is 18.9. The number of carbonyl (C=O) groups excluding carboxylic acids is 1. The van der Waals surface area contributed by atoms with Crippen LogP contribution in [-0.4, -0.2) is 44.7 Å². The van der Waals surface area contributed by atoms with Gasteiger partial charge in [0.05, 0.1) is 30.2 Å². The second kappa shape index (κ2) is 11.5. The zero-order valence-electron chi connectivity index (χ0n) is 20.5. The topological polar surface area (TPSA) is 100 Å². The minimum atomic E-state index is -1.11. The van der Waals surface area contributed by atoms with Crippen molar-refractivity contribution >= 4 is 35.1 Å². The number of aromatic nitrogens is 4. The molecule has 1 fully saturated rings. The van der Waals surface area contributed by atoms with Gasteiger partial charge in [0.2, 0.25) is 17.6 Å². The number of imidazole rings is 1. The van der Waals surface area contributed by atoms with Crippen LogP contribution in [0.1, 0.15) is 18.9 Å². The van der Waals surface area contributed by atoms with E-state index in [0.717, 1.165) is 5.56 Å². The van der Waals surface area contributed by atoms with Gasteiger partial charge in [-0.05, 0) is 42.5 Å². The summed E-state index contributed by atoms with van der Waals surface area (Å²) >= 11 is 12.7. The first-order chi connectivity index (χ1) is 18.4. The van der Waals surface area contributed by atoms with Crippen molar-refractivity contribution < 1.29 is 19.0 Å². The molecule has 196 valence electrons. The maximum absolute atomic E-state index is 11.6. The smallest absolute Gasteiger partial charge is 0.229 e. The van der Waals surface area contributed by atoms with E-state index in [0.29, 0.717) is 46.6 Å². The Morgan fingerprint density at radius 2 is 2.03 bits per heavy atom. The Bertz CT molecular complexity index is 1400. The van der Waals surface area contributed by atoms with Gasteiger partial charge in [-0.3, -0.25) is 10.1 Å². The van der Waals surface area contributed by atoms with Gasteiger partial charge in [-0.2, -0.15) is 0 Å². The third-order valence-electron chi connectivity index (χ3n) is 5.96. The fourth-order valence-corrected chi connectivity index (χ4v) is 4.63. The minimum absolute atomic E-state index is 0.142. The largest absolute Gasteiger partial charge is 0.491 e. The number of nitrogens with zero attached hydrogens (tertiary/aromatic N) is 4. The van der Waals surface area contributed by atoms with Crippen LogP contribution in [0.5, 0.6) is 5.75 Å². The summed E-state index contributed by atoms with van der Waals surface area (Å²) in [5.74, 6) is -0.315. The number of rotatable bonds is 9. The number of nitrogens with one attached hydrogen (secondary N) is 1. The highest BCUT2D eigenvalue weighted by Crippen LogP contribution is 2.40. The van der Waals surface area contributed by atoms with Crippen LogP contribution in [0, 0.1) is 0 Å². The van der Waals surface area contributed by atoms with E-state index in [1.165, 1.54) is 0 Å². The molecule has 4 aromatic rings. The first-order valence-corrected chi connectivity index (χ1v) is 12.8. The molecule has 1 aliphatic rings. The van der Waals surface area contributed by atoms with Gasteiger partial charge in [0.15, 0.2) is 0 Å². The zero-order chi connectivity index (χ0) is 26.5. The van der Waals surface area contributed by atoms with Gasteiger partial charge in [-0.15, -0.1) is 0 Å². The SMILES string of the molecule is CCC(=O)Nc1nccc(-c2ccc(OCC3COC(Cn4ccnc4)(c4ccc(Cl)cc4Cl)O3)cc2)n1. The predicted octanol–water partition coefficient (Wildman–Crippen LogP) is 5.34. The highest BCUT2D eigenvalue weighted by Gasteiger charge is 2.45. The minimum Gasteiger partial charge on any atom is -0.491 e. The summed E-state index contributed by atoms with van der Waals surface area (Å²) < 4.78 is 20.5. The molecule has 9 nitrogen and oxygen atoms in total. The van der Waals surface area contributed by atoms with Crippen LogP contribution in [0.15, 0.2) is 73.4 Å². The van der Waals surface area contributed by atoms with E-state index in [2.05, 4.69) is 20.3 Å². The first-order valence-electron chi connectivity index (χ1n) is 12.0. The summed E-state index contributed by atoms with van der Waals surface area (Å²) in [4.78, 5) is 24.3. The molecule has 5 rings (SSSR count). The number of ether oxygens (including phenoxy) is 3. The standard InChI is InChI=1S/C27H25Cl2N5O4/c1-2-25(35)33-26-31-10-9-24(32-26)18-3-6-20(7-4-18)36-14-21-15-37-27(38-21,16-34-12-11-30-17-34)22-8-5-19(28)13-23(22)29/h3-13,17,21H,2,14-16H2,1H3,(H,31,32,33,35). The van der Waals surface area contributed by atoms with E-state index in [4.69, 9.17) is 37.4 Å². The van der Waals surface area contributed by atoms with Crippen LogP contribution in [0.4, 0.5) is 5.95 Å². The molecule has 2 aromatic carbocycles. The lowest BCUT2D eigenvalue weighted by Gasteiger charge is -2.30. The fraction of sp³-hybridized carbons (Fsp3) is 0.259. The molecule has 2 unspecified atom stereocenters. The molecule has 1 aliphatic heterocycles. The lowest BCUT2D eigenvalue weighted by atomic mass is 10.1. The molecular weight excluding hydrogens is 529 g/mol. The van der Waals surface area contributed by atoms with Crippen LogP contribution in [0.2, 0.25) is 10.0 Å². The van der Waals surface area contributed by atoms with E-state index in [-0.39, 0.29) is 24.6 Å². The van der Waals surface area contributed by atoms with Gasteiger partial charge in [0, 0.05) is 41.2 Å². The third-order valence-corrected chi connectivity index (χ3v) is 6.51. The van der Waals surface area contributed by atoms with E-state index in [1.54, 1.807) is 43.8 Å². The monoisotopic (exact) mass is 553 g/mol. The predicted molar refractivity (Wildman–Crippen MR) is 143 cm³/mol. The van der Waals surface area contributed by atoms with E-state index in [9.17, 15) is 4.79 Å². The number of hydrogen-bond acceptors (Lipinski definition) is 7. The van der Waals surface area contributed by atoms with Crippen LogP contribution >= 0.6 is 23.2 Å². The van der Waals surface area contributed by atoms with Gasteiger partial charge in [-0.1, -0.05) is 36.2 Å². The number of carbonyl (C=O) groups is 1. The van der Waals surface area contributed by atoms with Gasteiger partial charge in [-0.25, -0.2) is 15.0 Å². The Labute approximate surface area is 229 Å². The number of halogens is 2. The van der Waals surface area contributed by atoms with Crippen LogP contribution in [0.25, 0.3) is 11.3 Å². The quantitative estimate of drug-likeness (QED) is 0.298. The highest BCUT2D eigenvalue weighted by molar-refractivity contribution is 6.35. The molecule has 0 bridgehead atoms. The van der Waals surface area contributed by atoms with Crippen molar-refractivity contribution in [1.82, 2.24) is 19.5 Å². The molecule has 0 aliphatic carbocycles. The number of anilines is 1. The first kappa shape index (κ1) is 26.1. The summed E-state index contributed by atoms with van der Waals surface area (Å²) in [5.41, 5.74) is 2.24. The third kappa shape index (κ3) is 5.97. The van der Waals surface area contributed by atoms with E-state index in [1.807, 2.05) is 41.1 Å². The maximum atomic E-state index is 11.6. The van der Waals surface area contributed by atoms with Gasteiger partial charge in [0.25, 0.3) is 0 Å². The van der Waals surface area contributed by atoms with E-state index < -0.39 is 5.79 Å². The molecule has 0 spiro atoms. The zero-order valence-corrected chi connectivity index (χ0v) is 22.0. The Morgan fingerprint density at radius 3 is 2.76 bits per heavy atom. The second-order valence-corrected chi connectivity index (χ2v) is 9.51. The molecule has 1 N–H and O–H groups in total. The summed E-state index contributed by atoms with van der Waals surface area (Å²) in [6, 6.07) is 14.5. The highest BCUT2D eigenvalue weighted by atomic mass is 35.5. The average molecular weight is 554 g/mol. The molecule has 2 atom stereocenters. The van der Waals surface area contributed by atoms with Crippen molar-refractivity contribution in [2.75, 3.05) is 18.5 Å². The van der Waals surface area contributed by atoms with Crippen LogP contribution < -0.4 is 10.1 Å². The van der Waals surface area contributed by atoms with Gasteiger partial charge >= 0.3 is 0 Å². The lowest BCUT2D eigenvalue weighted by molar-refractivity contribution is -0.189. The molecule has 1 amide bonds. The Hall–Kier alpha value is -3.50. The molecule has 0 saturated carbocycles. The Kier molecular flexibility index (Phi) is 7.90. The van der Waals surface area contributed by atoms with Crippen molar-refractivity contribution in [2.24, 2.45) is 0 Å². The molecule has 1 saturated heterocycles. The fourth-order valence-electron chi connectivity index (χ4n) is 4.08. The van der Waals surface area contributed by atoms with Crippen molar-refractivity contribution in [2.45, 2.75) is 31.8 Å². The van der Waals surface area contributed by atoms with Crippen molar-refractivity contribution in [3.63, 3.8) is 0 Å². The summed E-state index contributed by atoms with van der Waals surface area (Å²) in [6.07, 6.45) is 6.85. The van der Waals surface area contributed by atoms with E-state index >= 15 is 0 Å². The molecular formula is C27H25Cl2N5O4. The Balaban J connectivity index is 1.25. The van der Waals surface area contributed by atoms with Gasteiger partial charge < -0.3 is 18.8 Å². The second-order valence-electron chi connectivity index (χ2n) is 8.67.